The molecule has 104 valence electrons. The van der Waals surface area contributed by atoms with E-state index in [1.165, 1.54) is 0 Å². The molecule has 1 N–H and O–H groups in total. The van der Waals surface area contributed by atoms with E-state index in [1.807, 2.05) is 66.7 Å². The van der Waals surface area contributed by atoms with Gasteiger partial charge in [-0.05, 0) is 29.8 Å². The SMILES string of the molecule is OCCN=C(/C=C/C#Cc1ccccc1)c1ccccc1. The molecule has 2 aromatic rings. The van der Waals surface area contributed by atoms with Gasteiger partial charge in [-0.2, -0.15) is 0 Å². The Bertz CT molecular complexity index is 661. The Labute approximate surface area is 125 Å². The minimum absolute atomic E-state index is 0.0415. The van der Waals surface area contributed by atoms with E-state index in [0.29, 0.717) is 6.54 Å². The Kier molecular flexibility index (Phi) is 6.00. The standard InChI is InChI=1S/C19H17NO/c21-16-15-20-19(18-12-5-2-6-13-18)14-8-7-11-17-9-3-1-4-10-17/h1-6,8-10,12-14,21H,15-16H2/b14-8+,20-19?. The van der Waals surface area contributed by atoms with Gasteiger partial charge in [0.2, 0.25) is 0 Å². The van der Waals surface area contributed by atoms with Gasteiger partial charge in [0.1, 0.15) is 0 Å². The lowest BCUT2D eigenvalue weighted by Gasteiger charge is -2.00. The van der Waals surface area contributed by atoms with E-state index in [9.17, 15) is 0 Å². The van der Waals surface area contributed by atoms with Gasteiger partial charge in [-0.1, -0.05) is 60.4 Å². The minimum atomic E-state index is 0.0415. The Morgan fingerprint density at radius 2 is 1.67 bits per heavy atom. The highest BCUT2D eigenvalue weighted by Gasteiger charge is 1.97. The zero-order valence-electron chi connectivity index (χ0n) is 11.7. The van der Waals surface area contributed by atoms with Crippen LogP contribution in [-0.2, 0) is 0 Å². The van der Waals surface area contributed by atoms with Gasteiger partial charge in [-0.15, -0.1) is 0 Å². The zero-order chi connectivity index (χ0) is 14.8. The molecule has 2 heteroatoms. The molecular formula is C19H17NO. The molecule has 0 bridgehead atoms. The van der Waals surface area contributed by atoms with Crippen LogP contribution in [0.3, 0.4) is 0 Å². The van der Waals surface area contributed by atoms with Crippen LogP contribution >= 0.6 is 0 Å². The molecule has 2 rings (SSSR count). The zero-order valence-corrected chi connectivity index (χ0v) is 11.7. The maximum atomic E-state index is 8.92. The molecule has 0 aliphatic rings. The van der Waals surface area contributed by atoms with Gasteiger partial charge in [0.05, 0.1) is 18.9 Å². The molecular weight excluding hydrogens is 258 g/mol. The number of allylic oxidation sites excluding steroid dienone is 2. The van der Waals surface area contributed by atoms with Gasteiger partial charge < -0.3 is 5.11 Å². The van der Waals surface area contributed by atoms with Crippen LogP contribution < -0.4 is 0 Å². The molecule has 0 heterocycles. The molecule has 0 unspecified atom stereocenters. The van der Waals surface area contributed by atoms with E-state index in [-0.39, 0.29) is 6.61 Å². The Hall–Kier alpha value is -2.63. The molecule has 2 aromatic carbocycles. The number of hydrogen-bond acceptors (Lipinski definition) is 2. The van der Waals surface area contributed by atoms with E-state index in [2.05, 4.69) is 16.8 Å². The molecule has 0 fully saturated rings. The predicted molar refractivity (Wildman–Crippen MR) is 87.4 cm³/mol. The van der Waals surface area contributed by atoms with Crippen molar-refractivity contribution in [3.8, 4) is 11.8 Å². The van der Waals surface area contributed by atoms with Gasteiger partial charge in [-0.25, -0.2) is 0 Å². The largest absolute Gasteiger partial charge is 0.394 e. The Morgan fingerprint density at radius 1 is 1.00 bits per heavy atom. The maximum Gasteiger partial charge on any atom is 0.0653 e. The number of nitrogens with zero attached hydrogens (tertiary/aromatic N) is 1. The van der Waals surface area contributed by atoms with Gasteiger partial charge >= 0.3 is 0 Å². The monoisotopic (exact) mass is 275 g/mol. The first-order valence-electron chi connectivity index (χ1n) is 6.84. The highest BCUT2D eigenvalue weighted by molar-refractivity contribution is 6.08. The van der Waals surface area contributed by atoms with E-state index >= 15 is 0 Å². The molecule has 0 aliphatic heterocycles. The lowest BCUT2D eigenvalue weighted by molar-refractivity contribution is 0.307. The number of benzene rings is 2. The third kappa shape index (κ3) is 5.10. The van der Waals surface area contributed by atoms with E-state index < -0.39 is 0 Å². The summed E-state index contributed by atoms with van der Waals surface area (Å²) < 4.78 is 0. The number of aliphatic imine (C=N–C) groups is 1. The molecule has 0 radical (unpaired) electrons. The summed E-state index contributed by atoms with van der Waals surface area (Å²) in [7, 11) is 0. The lowest BCUT2D eigenvalue weighted by Crippen LogP contribution is -2.00. The first-order valence-corrected chi connectivity index (χ1v) is 6.84. The van der Waals surface area contributed by atoms with Crippen LogP contribution in [0.4, 0.5) is 0 Å². The molecule has 21 heavy (non-hydrogen) atoms. The smallest absolute Gasteiger partial charge is 0.0653 e. The maximum absolute atomic E-state index is 8.92. The van der Waals surface area contributed by atoms with E-state index in [0.717, 1.165) is 16.8 Å². The number of aliphatic hydroxyl groups excluding tert-OH is 1. The quantitative estimate of drug-likeness (QED) is 0.675. The number of hydrogen-bond donors (Lipinski definition) is 1. The molecule has 2 nitrogen and oxygen atoms in total. The van der Waals surface area contributed by atoms with Crippen LogP contribution in [0.5, 0.6) is 0 Å². The van der Waals surface area contributed by atoms with Gasteiger partial charge in [0, 0.05) is 5.56 Å². The second-order valence-electron chi connectivity index (χ2n) is 4.33. The molecule has 0 saturated heterocycles. The fraction of sp³-hybridized carbons (Fsp3) is 0.105. The number of rotatable bonds is 4. The second-order valence-corrected chi connectivity index (χ2v) is 4.33. The van der Waals surface area contributed by atoms with Crippen molar-refractivity contribution in [3.05, 3.63) is 83.9 Å². The molecule has 0 aliphatic carbocycles. The van der Waals surface area contributed by atoms with E-state index in [1.54, 1.807) is 6.08 Å². The van der Waals surface area contributed by atoms with Crippen LogP contribution in [-0.4, -0.2) is 24.0 Å². The number of aliphatic hydroxyl groups is 1. The third-order valence-corrected chi connectivity index (χ3v) is 2.77. The minimum Gasteiger partial charge on any atom is -0.394 e. The average Bonchev–Trinajstić information content (AvgIpc) is 2.56. The lowest BCUT2D eigenvalue weighted by atomic mass is 10.1. The van der Waals surface area contributed by atoms with Crippen molar-refractivity contribution in [2.45, 2.75) is 0 Å². The third-order valence-electron chi connectivity index (χ3n) is 2.77. The molecule has 0 aromatic heterocycles. The molecule has 0 spiro atoms. The second kappa shape index (κ2) is 8.52. The Balaban J connectivity index is 2.13. The van der Waals surface area contributed by atoms with Crippen LogP contribution in [0.25, 0.3) is 0 Å². The van der Waals surface area contributed by atoms with Gasteiger partial charge in [-0.3, -0.25) is 4.99 Å². The summed E-state index contributed by atoms with van der Waals surface area (Å²) in [5, 5.41) is 8.92. The van der Waals surface area contributed by atoms with Crippen molar-refractivity contribution in [1.29, 1.82) is 0 Å². The molecule has 0 amide bonds. The molecule has 0 saturated carbocycles. The summed E-state index contributed by atoms with van der Waals surface area (Å²) in [6.07, 6.45) is 3.66. The van der Waals surface area contributed by atoms with Crippen molar-refractivity contribution in [3.63, 3.8) is 0 Å². The summed E-state index contributed by atoms with van der Waals surface area (Å²) in [5.41, 5.74) is 2.83. The van der Waals surface area contributed by atoms with Crippen LogP contribution in [0.15, 0.2) is 77.8 Å². The van der Waals surface area contributed by atoms with Gasteiger partial charge in [0.15, 0.2) is 0 Å². The van der Waals surface area contributed by atoms with Crippen molar-refractivity contribution in [1.82, 2.24) is 0 Å². The summed E-state index contributed by atoms with van der Waals surface area (Å²) in [4.78, 5) is 4.37. The topological polar surface area (TPSA) is 32.6 Å². The fourth-order valence-corrected chi connectivity index (χ4v) is 1.79. The summed E-state index contributed by atoms with van der Waals surface area (Å²) in [5.74, 6) is 6.07. The van der Waals surface area contributed by atoms with Crippen molar-refractivity contribution >= 4 is 5.71 Å². The van der Waals surface area contributed by atoms with Crippen LogP contribution in [0.1, 0.15) is 11.1 Å². The summed E-state index contributed by atoms with van der Waals surface area (Å²) >= 11 is 0. The molecule has 0 atom stereocenters. The highest BCUT2D eigenvalue weighted by atomic mass is 16.3. The fourth-order valence-electron chi connectivity index (χ4n) is 1.79. The summed E-state index contributed by atoms with van der Waals surface area (Å²) in [6, 6.07) is 19.7. The first kappa shape index (κ1) is 14.8. The predicted octanol–water partition coefficient (Wildman–Crippen LogP) is 3.08. The average molecular weight is 275 g/mol. The normalized spacial score (nSPS) is 11.2. The van der Waals surface area contributed by atoms with Crippen LogP contribution in [0, 0.1) is 11.8 Å². The van der Waals surface area contributed by atoms with Crippen molar-refractivity contribution < 1.29 is 5.11 Å². The van der Waals surface area contributed by atoms with Crippen molar-refractivity contribution in [2.24, 2.45) is 4.99 Å². The van der Waals surface area contributed by atoms with Gasteiger partial charge in [0.25, 0.3) is 0 Å². The Morgan fingerprint density at radius 3 is 2.33 bits per heavy atom. The van der Waals surface area contributed by atoms with Crippen molar-refractivity contribution in [2.75, 3.05) is 13.2 Å². The van der Waals surface area contributed by atoms with E-state index in [4.69, 9.17) is 5.11 Å². The highest BCUT2D eigenvalue weighted by Crippen LogP contribution is 2.03. The first-order chi connectivity index (χ1) is 10.4. The summed E-state index contributed by atoms with van der Waals surface area (Å²) in [6.45, 7) is 0.431. The van der Waals surface area contributed by atoms with Crippen LogP contribution in [0.2, 0.25) is 0 Å².